The van der Waals surface area contributed by atoms with Gasteiger partial charge in [-0.2, -0.15) is 0 Å². The Morgan fingerprint density at radius 3 is 2.93 bits per heavy atom. The highest BCUT2D eigenvalue weighted by atomic mass is 32.1. The summed E-state index contributed by atoms with van der Waals surface area (Å²) in [6, 6.07) is 0.475. The fourth-order valence-electron chi connectivity index (χ4n) is 1.61. The van der Waals surface area contributed by atoms with E-state index < -0.39 is 5.97 Å². The van der Waals surface area contributed by atoms with Gasteiger partial charge in [0.2, 0.25) is 0 Å². The highest BCUT2D eigenvalue weighted by Gasteiger charge is 2.30. The molecule has 0 bridgehead atoms. The van der Waals surface area contributed by atoms with Gasteiger partial charge in [0, 0.05) is 23.7 Å². The molecule has 0 aromatic carbocycles. The molecule has 1 aliphatic rings. The lowest BCUT2D eigenvalue weighted by atomic mass is 10.4. The number of nitrogens with zero attached hydrogens (tertiary/aromatic N) is 2. The molecule has 5 heteroatoms. The summed E-state index contributed by atoms with van der Waals surface area (Å²) in [7, 11) is 0. The lowest BCUT2D eigenvalue weighted by Gasteiger charge is -2.18. The first kappa shape index (κ1) is 10.6. The number of hydrogen-bond donors (Lipinski definition) is 1. The molecular weight excluding hydrogens is 212 g/mol. The van der Waals surface area contributed by atoms with Gasteiger partial charge in [-0.15, -0.1) is 11.3 Å². The summed E-state index contributed by atoms with van der Waals surface area (Å²) < 4.78 is 0. The second-order valence-corrected chi connectivity index (χ2v) is 5.19. The van der Waals surface area contributed by atoms with Crippen LogP contribution in [0.2, 0.25) is 0 Å². The summed E-state index contributed by atoms with van der Waals surface area (Å²) in [5, 5.41) is 9.83. The summed E-state index contributed by atoms with van der Waals surface area (Å²) in [5.41, 5.74) is 0. The number of aromatic nitrogens is 1. The Morgan fingerprint density at radius 1 is 1.73 bits per heavy atom. The Kier molecular flexibility index (Phi) is 3.02. The zero-order valence-corrected chi connectivity index (χ0v) is 9.46. The molecular formula is C10H14N2O2S. The summed E-state index contributed by atoms with van der Waals surface area (Å²) in [6.07, 6.45) is 4.10. The van der Waals surface area contributed by atoms with Gasteiger partial charge in [0.05, 0.1) is 11.6 Å². The molecule has 1 aromatic heterocycles. The van der Waals surface area contributed by atoms with Crippen molar-refractivity contribution in [3.8, 4) is 0 Å². The van der Waals surface area contributed by atoms with Crippen LogP contribution in [0.15, 0.2) is 6.20 Å². The molecule has 1 N–H and O–H groups in total. The number of aliphatic carboxylic acids is 1. The van der Waals surface area contributed by atoms with Crippen LogP contribution in [0.1, 0.15) is 22.7 Å². The molecule has 4 nitrogen and oxygen atoms in total. The van der Waals surface area contributed by atoms with Crippen molar-refractivity contribution in [2.45, 2.75) is 32.4 Å². The fraction of sp³-hybridized carbons (Fsp3) is 0.600. The zero-order chi connectivity index (χ0) is 10.8. The van der Waals surface area contributed by atoms with Crippen molar-refractivity contribution in [3.63, 3.8) is 0 Å². The van der Waals surface area contributed by atoms with E-state index >= 15 is 0 Å². The molecule has 0 amide bonds. The molecule has 1 aromatic rings. The number of thiazole rings is 1. The van der Waals surface area contributed by atoms with Crippen molar-refractivity contribution in [2.24, 2.45) is 0 Å². The van der Waals surface area contributed by atoms with Gasteiger partial charge in [-0.3, -0.25) is 9.69 Å². The van der Waals surface area contributed by atoms with Gasteiger partial charge < -0.3 is 5.11 Å². The number of carbonyl (C=O) groups is 1. The van der Waals surface area contributed by atoms with Gasteiger partial charge in [-0.05, 0) is 19.8 Å². The predicted molar refractivity (Wildman–Crippen MR) is 57.9 cm³/mol. The molecule has 15 heavy (non-hydrogen) atoms. The number of carboxylic acid groups (broad SMARTS) is 1. The first-order valence-electron chi connectivity index (χ1n) is 5.02. The molecule has 0 radical (unpaired) electrons. The first-order chi connectivity index (χ1) is 7.15. The minimum atomic E-state index is -0.747. The topological polar surface area (TPSA) is 53.4 Å². The van der Waals surface area contributed by atoms with E-state index in [0.717, 1.165) is 29.3 Å². The third kappa shape index (κ3) is 3.00. The maximum absolute atomic E-state index is 10.7. The number of carboxylic acids is 1. The van der Waals surface area contributed by atoms with Crippen molar-refractivity contribution in [2.75, 3.05) is 6.54 Å². The Bertz CT molecular complexity index is 360. The highest BCUT2D eigenvalue weighted by Crippen LogP contribution is 2.28. The molecule has 0 atom stereocenters. The van der Waals surface area contributed by atoms with Crippen LogP contribution in [0.25, 0.3) is 0 Å². The van der Waals surface area contributed by atoms with E-state index in [9.17, 15) is 4.79 Å². The standard InChI is InChI=1S/C10H14N2O2S/c1-7-11-4-9(15-7)5-12(6-10(13)14)8-2-3-8/h4,8H,2-3,5-6H2,1H3,(H,13,14). The van der Waals surface area contributed by atoms with Gasteiger partial charge in [0.25, 0.3) is 0 Å². The van der Waals surface area contributed by atoms with Crippen LogP contribution in [-0.2, 0) is 11.3 Å². The lowest BCUT2D eigenvalue weighted by molar-refractivity contribution is -0.138. The molecule has 0 aliphatic heterocycles. The summed E-state index contributed by atoms with van der Waals surface area (Å²) in [5.74, 6) is -0.747. The highest BCUT2D eigenvalue weighted by molar-refractivity contribution is 7.11. The molecule has 1 heterocycles. The van der Waals surface area contributed by atoms with Gasteiger partial charge in [-0.25, -0.2) is 4.98 Å². The molecule has 1 fully saturated rings. The van der Waals surface area contributed by atoms with Crippen LogP contribution in [0.4, 0.5) is 0 Å². The monoisotopic (exact) mass is 226 g/mol. The lowest BCUT2D eigenvalue weighted by Crippen LogP contribution is -2.30. The number of rotatable bonds is 5. The normalized spacial score (nSPS) is 15.9. The molecule has 0 saturated heterocycles. The Morgan fingerprint density at radius 2 is 2.47 bits per heavy atom. The quantitative estimate of drug-likeness (QED) is 0.826. The van der Waals surface area contributed by atoms with Crippen LogP contribution in [0, 0.1) is 6.92 Å². The first-order valence-corrected chi connectivity index (χ1v) is 5.84. The largest absolute Gasteiger partial charge is 0.480 e. The van der Waals surface area contributed by atoms with Gasteiger partial charge in [-0.1, -0.05) is 0 Å². The van der Waals surface area contributed by atoms with Crippen LogP contribution < -0.4 is 0 Å². The van der Waals surface area contributed by atoms with Gasteiger partial charge in [0.15, 0.2) is 0 Å². The number of hydrogen-bond acceptors (Lipinski definition) is 4. The Balaban J connectivity index is 1.96. The second-order valence-electron chi connectivity index (χ2n) is 3.88. The third-order valence-electron chi connectivity index (χ3n) is 2.43. The second kappa shape index (κ2) is 4.28. The van der Waals surface area contributed by atoms with Crippen LogP contribution in [0.3, 0.4) is 0 Å². The van der Waals surface area contributed by atoms with E-state index in [1.807, 2.05) is 18.0 Å². The Labute approximate surface area is 92.6 Å². The smallest absolute Gasteiger partial charge is 0.317 e. The zero-order valence-electron chi connectivity index (χ0n) is 8.64. The summed E-state index contributed by atoms with van der Waals surface area (Å²) >= 11 is 1.64. The molecule has 0 spiro atoms. The van der Waals surface area contributed by atoms with Crippen molar-refractivity contribution >= 4 is 17.3 Å². The van der Waals surface area contributed by atoms with Crippen molar-refractivity contribution in [1.29, 1.82) is 0 Å². The van der Waals surface area contributed by atoms with E-state index in [4.69, 9.17) is 5.11 Å². The predicted octanol–water partition coefficient (Wildman–Crippen LogP) is 1.50. The van der Waals surface area contributed by atoms with E-state index in [2.05, 4.69) is 4.98 Å². The minimum absolute atomic E-state index is 0.140. The average Bonchev–Trinajstić information content (AvgIpc) is 2.90. The van der Waals surface area contributed by atoms with E-state index in [0.29, 0.717) is 6.04 Å². The summed E-state index contributed by atoms with van der Waals surface area (Å²) in [4.78, 5) is 18.0. The van der Waals surface area contributed by atoms with Gasteiger partial charge in [0.1, 0.15) is 0 Å². The van der Waals surface area contributed by atoms with E-state index in [1.54, 1.807) is 11.3 Å². The van der Waals surface area contributed by atoms with Crippen LogP contribution >= 0.6 is 11.3 Å². The van der Waals surface area contributed by atoms with Crippen molar-refractivity contribution < 1.29 is 9.90 Å². The molecule has 0 unspecified atom stereocenters. The average molecular weight is 226 g/mol. The fourth-order valence-corrected chi connectivity index (χ4v) is 2.43. The molecule has 82 valence electrons. The minimum Gasteiger partial charge on any atom is -0.480 e. The third-order valence-corrected chi connectivity index (χ3v) is 3.33. The Hall–Kier alpha value is -0.940. The number of aryl methyl sites for hydroxylation is 1. The summed E-state index contributed by atoms with van der Waals surface area (Å²) in [6.45, 7) is 2.83. The molecule has 1 saturated carbocycles. The van der Waals surface area contributed by atoms with Crippen LogP contribution in [0.5, 0.6) is 0 Å². The maximum Gasteiger partial charge on any atom is 0.317 e. The van der Waals surface area contributed by atoms with E-state index in [-0.39, 0.29) is 6.54 Å². The van der Waals surface area contributed by atoms with Crippen molar-refractivity contribution in [3.05, 3.63) is 16.1 Å². The molecule has 1 aliphatic carbocycles. The van der Waals surface area contributed by atoms with Crippen molar-refractivity contribution in [1.82, 2.24) is 9.88 Å². The maximum atomic E-state index is 10.7. The van der Waals surface area contributed by atoms with Crippen LogP contribution in [-0.4, -0.2) is 33.5 Å². The van der Waals surface area contributed by atoms with Gasteiger partial charge >= 0.3 is 5.97 Å². The SMILES string of the molecule is Cc1ncc(CN(CC(=O)O)C2CC2)s1. The van der Waals surface area contributed by atoms with E-state index in [1.165, 1.54) is 0 Å². The molecule has 2 rings (SSSR count).